The van der Waals surface area contributed by atoms with Crippen LogP contribution in [0.5, 0.6) is 0 Å². The van der Waals surface area contributed by atoms with Crippen LogP contribution < -0.4 is 5.32 Å². The van der Waals surface area contributed by atoms with Crippen molar-refractivity contribution in [2.24, 2.45) is 0 Å². The maximum absolute atomic E-state index is 13.5. The maximum atomic E-state index is 13.5. The minimum Gasteiger partial charge on any atom is -0.355 e. The molecule has 1 saturated heterocycles. The van der Waals surface area contributed by atoms with Crippen molar-refractivity contribution >= 4 is 17.7 Å². The SMILES string of the molecule is C[C@@H](CNC(=O)CCSc1ccccc1F)N1CCN(C)CC1. The Morgan fingerprint density at radius 2 is 2.00 bits per heavy atom. The molecule has 6 heteroatoms. The highest BCUT2D eigenvalue weighted by atomic mass is 32.2. The van der Waals surface area contributed by atoms with E-state index in [0.717, 1.165) is 26.2 Å². The number of benzene rings is 1. The van der Waals surface area contributed by atoms with Gasteiger partial charge in [0.1, 0.15) is 5.82 Å². The fourth-order valence-corrected chi connectivity index (χ4v) is 3.45. The molecular formula is C17H26FN3OS. The van der Waals surface area contributed by atoms with Crippen molar-refractivity contribution in [1.29, 1.82) is 0 Å². The zero-order valence-electron chi connectivity index (χ0n) is 13.9. The fraction of sp³-hybridized carbons (Fsp3) is 0.588. The monoisotopic (exact) mass is 339 g/mol. The molecule has 0 unspecified atom stereocenters. The van der Waals surface area contributed by atoms with Gasteiger partial charge >= 0.3 is 0 Å². The number of hydrogen-bond acceptors (Lipinski definition) is 4. The molecule has 1 atom stereocenters. The third-order valence-corrected chi connectivity index (χ3v) is 5.23. The molecule has 0 aliphatic carbocycles. The van der Waals surface area contributed by atoms with Crippen LogP contribution in [-0.4, -0.2) is 67.3 Å². The average Bonchev–Trinajstić information content (AvgIpc) is 2.55. The van der Waals surface area contributed by atoms with Crippen molar-refractivity contribution in [3.63, 3.8) is 0 Å². The number of hydrogen-bond donors (Lipinski definition) is 1. The lowest BCUT2D eigenvalue weighted by molar-refractivity contribution is -0.120. The third-order valence-electron chi connectivity index (χ3n) is 4.18. The first-order chi connectivity index (χ1) is 11.1. The Morgan fingerprint density at radius 1 is 1.30 bits per heavy atom. The maximum Gasteiger partial charge on any atom is 0.220 e. The van der Waals surface area contributed by atoms with Gasteiger partial charge in [-0.05, 0) is 26.1 Å². The topological polar surface area (TPSA) is 35.6 Å². The smallest absolute Gasteiger partial charge is 0.220 e. The summed E-state index contributed by atoms with van der Waals surface area (Å²) in [7, 11) is 2.14. The van der Waals surface area contributed by atoms with Crippen LogP contribution in [0, 0.1) is 5.82 Å². The Labute approximate surface area is 142 Å². The highest BCUT2D eigenvalue weighted by Gasteiger charge is 2.19. The van der Waals surface area contributed by atoms with E-state index in [1.807, 2.05) is 6.07 Å². The summed E-state index contributed by atoms with van der Waals surface area (Å²) in [6.45, 7) is 7.09. The second kappa shape index (κ2) is 9.25. The van der Waals surface area contributed by atoms with Gasteiger partial charge in [-0.2, -0.15) is 0 Å². The fourth-order valence-electron chi connectivity index (χ4n) is 2.56. The van der Waals surface area contributed by atoms with Gasteiger partial charge in [0.25, 0.3) is 0 Å². The Bertz CT molecular complexity index is 506. The standard InChI is InChI=1S/C17H26FN3OS/c1-14(21-10-8-20(2)9-11-21)13-19-17(22)7-12-23-16-6-4-3-5-15(16)18/h3-6,14H,7-13H2,1-2H3,(H,19,22)/t14-/m0/s1. The molecule has 0 saturated carbocycles. The molecule has 1 aromatic rings. The van der Waals surface area contributed by atoms with Crippen LogP contribution in [0.15, 0.2) is 29.2 Å². The van der Waals surface area contributed by atoms with Gasteiger partial charge in [0.05, 0.1) is 0 Å². The first-order valence-electron chi connectivity index (χ1n) is 8.13. The van der Waals surface area contributed by atoms with Crippen molar-refractivity contribution in [1.82, 2.24) is 15.1 Å². The Kier molecular flexibility index (Phi) is 7.33. The van der Waals surface area contributed by atoms with E-state index in [4.69, 9.17) is 0 Å². The lowest BCUT2D eigenvalue weighted by atomic mass is 10.2. The number of nitrogens with one attached hydrogen (secondary N) is 1. The highest BCUT2D eigenvalue weighted by molar-refractivity contribution is 7.99. The molecule has 1 aromatic carbocycles. The van der Waals surface area contributed by atoms with Crippen molar-refractivity contribution in [3.8, 4) is 0 Å². The normalized spacial score (nSPS) is 17.9. The van der Waals surface area contributed by atoms with Crippen LogP contribution in [0.1, 0.15) is 13.3 Å². The zero-order valence-corrected chi connectivity index (χ0v) is 14.7. The number of carbonyl (C=O) groups is 1. The van der Waals surface area contributed by atoms with Gasteiger partial charge in [0.2, 0.25) is 5.91 Å². The summed E-state index contributed by atoms with van der Waals surface area (Å²) >= 11 is 1.39. The minimum atomic E-state index is -0.221. The summed E-state index contributed by atoms with van der Waals surface area (Å²) in [5.74, 6) is 0.409. The minimum absolute atomic E-state index is 0.0369. The zero-order chi connectivity index (χ0) is 16.7. The molecule has 0 bridgehead atoms. The third kappa shape index (κ3) is 6.12. The quantitative estimate of drug-likeness (QED) is 0.772. The largest absolute Gasteiger partial charge is 0.355 e. The summed E-state index contributed by atoms with van der Waals surface area (Å²) < 4.78 is 13.5. The first-order valence-corrected chi connectivity index (χ1v) is 9.11. The van der Waals surface area contributed by atoms with E-state index in [2.05, 4.69) is 29.1 Å². The summed E-state index contributed by atoms with van der Waals surface area (Å²) in [6, 6.07) is 7.02. The molecule has 2 rings (SSSR count). The van der Waals surface area contributed by atoms with Gasteiger partial charge < -0.3 is 10.2 Å². The van der Waals surface area contributed by atoms with E-state index in [9.17, 15) is 9.18 Å². The summed E-state index contributed by atoms with van der Waals surface area (Å²) in [5.41, 5.74) is 0. The highest BCUT2D eigenvalue weighted by Crippen LogP contribution is 2.21. The second-order valence-electron chi connectivity index (χ2n) is 6.02. The van der Waals surface area contributed by atoms with Crippen molar-refractivity contribution in [2.75, 3.05) is 45.5 Å². The van der Waals surface area contributed by atoms with Crippen LogP contribution in [0.3, 0.4) is 0 Å². The first kappa shape index (κ1) is 18.2. The number of likely N-dealkylation sites (N-methyl/N-ethyl adjacent to an activating group) is 1. The number of carbonyl (C=O) groups excluding carboxylic acids is 1. The molecule has 23 heavy (non-hydrogen) atoms. The van der Waals surface area contributed by atoms with Crippen LogP contribution in [0.25, 0.3) is 0 Å². The summed E-state index contributed by atoms with van der Waals surface area (Å²) in [6.07, 6.45) is 0.411. The lowest BCUT2D eigenvalue weighted by Crippen LogP contribution is -2.51. The van der Waals surface area contributed by atoms with Gasteiger partial charge in [-0.25, -0.2) is 4.39 Å². The Morgan fingerprint density at radius 3 is 2.70 bits per heavy atom. The van der Waals surface area contributed by atoms with Gasteiger partial charge in [0.15, 0.2) is 0 Å². The molecule has 128 valence electrons. The van der Waals surface area contributed by atoms with Gasteiger partial charge in [-0.15, -0.1) is 11.8 Å². The average molecular weight is 339 g/mol. The summed E-state index contributed by atoms with van der Waals surface area (Å²) in [5, 5.41) is 2.99. The number of rotatable bonds is 7. The van der Waals surface area contributed by atoms with Gasteiger partial charge in [-0.3, -0.25) is 9.69 Å². The molecule has 1 aliphatic rings. The molecule has 1 amide bonds. The molecule has 1 N–H and O–H groups in total. The molecule has 1 aliphatic heterocycles. The molecule has 0 radical (unpaired) electrons. The molecule has 0 aromatic heterocycles. The predicted molar refractivity (Wildman–Crippen MR) is 93.3 cm³/mol. The van der Waals surface area contributed by atoms with Gasteiger partial charge in [0, 0.05) is 55.8 Å². The number of piperazine rings is 1. The summed E-state index contributed by atoms with van der Waals surface area (Å²) in [4.78, 5) is 17.2. The second-order valence-corrected chi connectivity index (χ2v) is 7.16. The van der Waals surface area contributed by atoms with Crippen molar-refractivity contribution < 1.29 is 9.18 Å². The van der Waals surface area contributed by atoms with E-state index in [-0.39, 0.29) is 11.7 Å². The van der Waals surface area contributed by atoms with Crippen molar-refractivity contribution in [3.05, 3.63) is 30.1 Å². The number of nitrogens with zero attached hydrogens (tertiary/aromatic N) is 2. The van der Waals surface area contributed by atoms with Crippen LogP contribution >= 0.6 is 11.8 Å². The van der Waals surface area contributed by atoms with E-state index in [1.165, 1.54) is 17.8 Å². The molecule has 0 spiro atoms. The van der Waals surface area contributed by atoms with E-state index in [1.54, 1.807) is 12.1 Å². The lowest BCUT2D eigenvalue weighted by Gasteiger charge is -2.36. The number of halogens is 1. The Balaban J connectivity index is 1.62. The number of thioether (sulfide) groups is 1. The predicted octanol–water partition coefficient (Wildman–Crippen LogP) is 2.06. The van der Waals surface area contributed by atoms with E-state index >= 15 is 0 Å². The van der Waals surface area contributed by atoms with E-state index in [0.29, 0.717) is 29.7 Å². The van der Waals surface area contributed by atoms with Gasteiger partial charge in [-0.1, -0.05) is 12.1 Å². The van der Waals surface area contributed by atoms with Crippen LogP contribution in [-0.2, 0) is 4.79 Å². The molecule has 1 heterocycles. The van der Waals surface area contributed by atoms with E-state index < -0.39 is 0 Å². The van der Waals surface area contributed by atoms with Crippen molar-refractivity contribution in [2.45, 2.75) is 24.3 Å². The molecule has 4 nitrogen and oxygen atoms in total. The van der Waals surface area contributed by atoms with Crippen LogP contribution in [0.4, 0.5) is 4.39 Å². The number of amides is 1. The molecular weight excluding hydrogens is 313 g/mol. The molecule has 1 fully saturated rings. The Hall–Kier alpha value is -1.11. The van der Waals surface area contributed by atoms with Crippen LogP contribution in [0.2, 0.25) is 0 Å².